The number of hydrogen-bond donors (Lipinski definition) is 1. The van der Waals surface area contributed by atoms with E-state index in [1.54, 1.807) is 19.3 Å². The average Bonchev–Trinajstić information content (AvgIpc) is 2.92. The third kappa shape index (κ3) is 3.14. The smallest absolute Gasteiger partial charge is 0.251 e. The van der Waals surface area contributed by atoms with E-state index in [2.05, 4.69) is 29.4 Å². The number of rotatable bonds is 6. The van der Waals surface area contributed by atoms with Crippen LogP contribution in [0.4, 0.5) is 0 Å². The zero-order valence-electron chi connectivity index (χ0n) is 12.1. The Morgan fingerprint density at radius 3 is 2.85 bits per heavy atom. The van der Waals surface area contributed by atoms with Crippen molar-refractivity contribution in [3.8, 4) is 11.5 Å². The second-order valence-corrected chi connectivity index (χ2v) is 4.72. The van der Waals surface area contributed by atoms with Gasteiger partial charge >= 0.3 is 0 Å². The van der Waals surface area contributed by atoms with Crippen LogP contribution in [0.15, 0.2) is 27.5 Å². The van der Waals surface area contributed by atoms with E-state index in [0.717, 1.165) is 19.4 Å². The van der Waals surface area contributed by atoms with Crippen LogP contribution in [-0.4, -0.2) is 21.3 Å². The van der Waals surface area contributed by atoms with E-state index >= 15 is 0 Å². The van der Waals surface area contributed by atoms with Gasteiger partial charge in [-0.3, -0.25) is 4.79 Å². The Balaban J connectivity index is 2.23. The molecule has 0 fully saturated rings. The molecule has 0 bridgehead atoms. The number of hydrogen-bond acceptors (Lipinski definition) is 5. The van der Waals surface area contributed by atoms with Crippen LogP contribution in [0.1, 0.15) is 38.6 Å². The molecule has 2 heterocycles. The van der Waals surface area contributed by atoms with Crippen molar-refractivity contribution in [3.63, 3.8) is 0 Å². The van der Waals surface area contributed by atoms with Crippen molar-refractivity contribution in [2.45, 2.75) is 32.7 Å². The molecule has 2 aromatic rings. The number of aryl methyl sites for hydroxylation is 1. The van der Waals surface area contributed by atoms with Gasteiger partial charge in [0.1, 0.15) is 0 Å². The fourth-order valence-corrected chi connectivity index (χ4v) is 1.90. The average molecular weight is 276 g/mol. The third-order valence-electron chi connectivity index (χ3n) is 3.14. The summed E-state index contributed by atoms with van der Waals surface area (Å²) in [6.45, 7) is 5.08. The summed E-state index contributed by atoms with van der Waals surface area (Å²) >= 11 is 0. The number of nitrogens with one attached hydrogen (secondary N) is 1. The summed E-state index contributed by atoms with van der Waals surface area (Å²) in [5.74, 6) is 0.950. The first kappa shape index (κ1) is 14.5. The molecule has 2 aromatic heterocycles. The van der Waals surface area contributed by atoms with Gasteiger partial charge in [0.25, 0.3) is 5.56 Å². The van der Waals surface area contributed by atoms with Gasteiger partial charge in [-0.25, -0.2) is 0 Å². The van der Waals surface area contributed by atoms with Crippen molar-refractivity contribution in [3.05, 3.63) is 34.6 Å². The zero-order valence-corrected chi connectivity index (χ0v) is 12.1. The predicted molar refractivity (Wildman–Crippen MR) is 76.3 cm³/mol. The van der Waals surface area contributed by atoms with E-state index in [-0.39, 0.29) is 11.6 Å². The van der Waals surface area contributed by atoms with Crippen LogP contribution in [0.3, 0.4) is 0 Å². The highest BCUT2D eigenvalue weighted by atomic mass is 16.4. The van der Waals surface area contributed by atoms with Crippen LogP contribution in [0.5, 0.6) is 0 Å². The van der Waals surface area contributed by atoms with E-state index in [4.69, 9.17) is 4.42 Å². The number of aromatic nitrogens is 3. The molecule has 0 aliphatic rings. The molecule has 0 aliphatic carbocycles. The van der Waals surface area contributed by atoms with Gasteiger partial charge in [0.05, 0.1) is 6.04 Å². The summed E-state index contributed by atoms with van der Waals surface area (Å²) in [6, 6.07) is 3.35. The monoisotopic (exact) mass is 276 g/mol. The summed E-state index contributed by atoms with van der Waals surface area (Å²) in [5.41, 5.74) is 0.551. The highest BCUT2D eigenvalue weighted by Crippen LogP contribution is 2.21. The SMILES string of the molecule is CCCNC(CC)c1nnc(-c2ccn(C)c(=O)c2)o1. The highest BCUT2D eigenvalue weighted by molar-refractivity contribution is 5.50. The van der Waals surface area contributed by atoms with Gasteiger partial charge in [-0.1, -0.05) is 13.8 Å². The van der Waals surface area contributed by atoms with Gasteiger partial charge in [0.15, 0.2) is 0 Å². The Kier molecular flexibility index (Phi) is 4.68. The second-order valence-electron chi connectivity index (χ2n) is 4.72. The molecule has 1 N–H and O–H groups in total. The fraction of sp³-hybridized carbons (Fsp3) is 0.500. The maximum absolute atomic E-state index is 11.6. The zero-order chi connectivity index (χ0) is 14.5. The molecule has 0 saturated carbocycles. The van der Waals surface area contributed by atoms with Crippen LogP contribution in [0.2, 0.25) is 0 Å². The summed E-state index contributed by atoms with van der Waals surface area (Å²) in [4.78, 5) is 11.6. The second kappa shape index (κ2) is 6.47. The molecule has 0 saturated heterocycles. The van der Waals surface area contributed by atoms with E-state index in [9.17, 15) is 4.79 Å². The first-order chi connectivity index (χ1) is 9.65. The molecule has 108 valence electrons. The van der Waals surface area contributed by atoms with E-state index in [1.807, 2.05) is 0 Å². The summed E-state index contributed by atoms with van der Waals surface area (Å²) in [7, 11) is 1.70. The predicted octanol–water partition coefficient (Wildman–Crippen LogP) is 1.89. The lowest BCUT2D eigenvalue weighted by atomic mass is 10.2. The van der Waals surface area contributed by atoms with E-state index in [0.29, 0.717) is 17.3 Å². The molecule has 0 spiro atoms. The molecule has 1 unspecified atom stereocenters. The van der Waals surface area contributed by atoms with Crippen molar-refractivity contribution in [2.75, 3.05) is 6.54 Å². The molecular weight excluding hydrogens is 256 g/mol. The molecule has 6 nitrogen and oxygen atoms in total. The quantitative estimate of drug-likeness (QED) is 0.872. The van der Waals surface area contributed by atoms with Crippen LogP contribution >= 0.6 is 0 Å². The first-order valence-electron chi connectivity index (χ1n) is 6.89. The van der Waals surface area contributed by atoms with Crippen LogP contribution in [0.25, 0.3) is 11.5 Å². The summed E-state index contributed by atoms with van der Waals surface area (Å²) in [6.07, 6.45) is 3.61. The molecule has 0 aromatic carbocycles. The Morgan fingerprint density at radius 1 is 1.40 bits per heavy atom. The van der Waals surface area contributed by atoms with Crippen LogP contribution in [-0.2, 0) is 7.05 Å². The maximum atomic E-state index is 11.6. The lowest BCUT2D eigenvalue weighted by molar-refractivity contribution is 0.396. The van der Waals surface area contributed by atoms with Crippen molar-refractivity contribution in [1.82, 2.24) is 20.1 Å². The Labute approximate surface area is 117 Å². The summed E-state index contributed by atoms with van der Waals surface area (Å²) < 4.78 is 7.18. The van der Waals surface area contributed by atoms with Gasteiger partial charge in [-0.05, 0) is 25.5 Å². The Morgan fingerprint density at radius 2 is 2.20 bits per heavy atom. The molecule has 0 radical (unpaired) electrons. The van der Waals surface area contributed by atoms with E-state index in [1.165, 1.54) is 10.6 Å². The first-order valence-corrected chi connectivity index (χ1v) is 6.89. The fourth-order valence-electron chi connectivity index (χ4n) is 1.90. The van der Waals surface area contributed by atoms with Crippen molar-refractivity contribution in [2.24, 2.45) is 7.05 Å². The maximum Gasteiger partial charge on any atom is 0.251 e. The topological polar surface area (TPSA) is 73.0 Å². The molecule has 2 rings (SSSR count). The molecule has 0 amide bonds. The molecule has 0 aliphatic heterocycles. The minimum absolute atomic E-state index is 0.0581. The van der Waals surface area contributed by atoms with Gasteiger partial charge in [0.2, 0.25) is 11.8 Å². The summed E-state index contributed by atoms with van der Waals surface area (Å²) in [5, 5.41) is 11.5. The van der Waals surface area contributed by atoms with E-state index < -0.39 is 0 Å². The molecular formula is C14H20N4O2. The minimum Gasteiger partial charge on any atom is -0.419 e. The largest absolute Gasteiger partial charge is 0.419 e. The van der Waals surface area contributed by atoms with Gasteiger partial charge < -0.3 is 14.3 Å². The third-order valence-corrected chi connectivity index (χ3v) is 3.14. The highest BCUT2D eigenvalue weighted by Gasteiger charge is 2.17. The van der Waals surface area contributed by atoms with Crippen LogP contribution in [0, 0.1) is 0 Å². The normalized spacial score (nSPS) is 12.6. The standard InChI is InChI=1S/C14H20N4O2/c1-4-7-15-11(5-2)14-17-16-13(20-14)10-6-8-18(3)12(19)9-10/h6,8-9,11,15H,4-5,7H2,1-3H3. The number of pyridine rings is 1. The number of nitrogens with zero attached hydrogens (tertiary/aromatic N) is 3. The Hall–Kier alpha value is -1.95. The lowest BCUT2D eigenvalue weighted by Gasteiger charge is -2.11. The molecule has 6 heteroatoms. The van der Waals surface area contributed by atoms with Crippen molar-refractivity contribution >= 4 is 0 Å². The van der Waals surface area contributed by atoms with Gasteiger partial charge in [-0.15, -0.1) is 10.2 Å². The lowest BCUT2D eigenvalue weighted by Crippen LogP contribution is -2.21. The van der Waals surface area contributed by atoms with Crippen molar-refractivity contribution < 1.29 is 4.42 Å². The Bertz CT molecular complexity index is 618. The van der Waals surface area contributed by atoms with Gasteiger partial charge in [-0.2, -0.15) is 0 Å². The van der Waals surface area contributed by atoms with Crippen molar-refractivity contribution in [1.29, 1.82) is 0 Å². The molecule has 1 atom stereocenters. The molecule has 20 heavy (non-hydrogen) atoms. The minimum atomic E-state index is -0.0987. The van der Waals surface area contributed by atoms with Gasteiger partial charge in [0, 0.05) is 24.9 Å². The van der Waals surface area contributed by atoms with Crippen LogP contribution < -0.4 is 10.9 Å².